The second-order valence-electron chi connectivity index (χ2n) is 5.25. The molecule has 6 heteroatoms. The van der Waals surface area contributed by atoms with Gasteiger partial charge in [0, 0.05) is 31.7 Å². The fourth-order valence-corrected chi connectivity index (χ4v) is 2.50. The lowest BCUT2D eigenvalue weighted by Gasteiger charge is -2.34. The van der Waals surface area contributed by atoms with Gasteiger partial charge in [0.1, 0.15) is 0 Å². The van der Waals surface area contributed by atoms with Crippen LogP contribution in [0.4, 0.5) is 8.78 Å². The molecule has 0 radical (unpaired) electrons. The Morgan fingerprint density at radius 1 is 1.19 bits per heavy atom. The number of hydrogen-bond acceptors (Lipinski definition) is 3. The number of carbonyl (C=O) groups is 1. The Morgan fingerprint density at radius 2 is 1.90 bits per heavy atom. The SMILES string of the molecule is NCCCN1CCN(C(=O)Cc2cccc(F)c2F)CC1. The summed E-state index contributed by atoms with van der Waals surface area (Å²) in [7, 11) is 0. The van der Waals surface area contributed by atoms with Gasteiger partial charge in [-0.1, -0.05) is 12.1 Å². The highest BCUT2D eigenvalue weighted by Gasteiger charge is 2.22. The molecule has 0 saturated carbocycles. The maximum Gasteiger partial charge on any atom is 0.227 e. The van der Waals surface area contributed by atoms with Crippen molar-refractivity contribution >= 4 is 5.91 Å². The molecule has 116 valence electrons. The first-order valence-corrected chi connectivity index (χ1v) is 7.25. The van der Waals surface area contributed by atoms with Crippen LogP contribution in [-0.4, -0.2) is 55.0 Å². The summed E-state index contributed by atoms with van der Waals surface area (Å²) < 4.78 is 26.7. The van der Waals surface area contributed by atoms with E-state index in [9.17, 15) is 13.6 Å². The van der Waals surface area contributed by atoms with Crippen LogP contribution in [0.15, 0.2) is 18.2 Å². The van der Waals surface area contributed by atoms with Gasteiger partial charge in [0.2, 0.25) is 5.91 Å². The Balaban J connectivity index is 1.86. The average molecular weight is 297 g/mol. The van der Waals surface area contributed by atoms with Crippen LogP contribution in [0.25, 0.3) is 0 Å². The van der Waals surface area contributed by atoms with Gasteiger partial charge >= 0.3 is 0 Å². The molecule has 1 fully saturated rings. The number of amides is 1. The lowest BCUT2D eigenvalue weighted by Crippen LogP contribution is -2.49. The molecule has 2 rings (SSSR count). The second-order valence-corrected chi connectivity index (χ2v) is 5.25. The van der Waals surface area contributed by atoms with Gasteiger partial charge in [-0.3, -0.25) is 9.69 Å². The third kappa shape index (κ3) is 4.22. The fraction of sp³-hybridized carbons (Fsp3) is 0.533. The standard InChI is InChI=1S/C15H21F2N3O/c16-13-4-1-3-12(15(13)17)11-14(21)20-9-7-19(8-10-20)6-2-5-18/h1,3-4H,2,5-11,18H2. The highest BCUT2D eigenvalue weighted by atomic mass is 19.2. The van der Waals surface area contributed by atoms with Crippen molar-refractivity contribution in [3.8, 4) is 0 Å². The van der Waals surface area contributed by atoms with E-state index in [1.54, 1.807) is 4.90 Å². The molecule has 1 aliphatic heterocycles. The van der Waals surface area contributed by atoms with Crippen molar-refractivity contribution < 1.29 is 13.6 Å². The van der Waals surface area contributed by atoms with Crippen molar-refractivity contribution in [3.63, 3.8) is 0 Å². The molecule has 0 unspecified atom stereocenters. The van der Waals surface area contributed by atoms with E-state index in [-0.39, 0.29) is 17.9 Å². The Bertz CT molecular complexity index is 488. The maximum atomic E-state index is 13.6. The zero-order chi connectivity index (χ0) is 15.2. The Hall–Kier alpha value is -1.53. The van der Waals surface area contributed by atoms with Crippen LogP contribution < -0.4 is 5.73 Å². The van der Waals surface area contributed by atoms with E-state index in [0.29, 0.717) is 19.6 Å². The predicted molar refractivity (Wildman–Crippen MR) is 76.8 cm³/mol. The Labute approximate surface area is 123 Å². The largest absolute Gasteiger partial charge is 0.340 e. The zero-order valence-corrected chi connectivity index (χ0v) is 12.0. The molecule has 0 aliphatic carbocycles. The van der Waals surface area contributed by atoms with E-state index < -0.39 is 11.6 Å². The van der Waals surface area contributed by atoms with Crippen molar-refractivity contribution in [2.45, 2.75) is 12.8 Å². The smallest absolute Gasteiger partial charge is 0.227 e. The number of piperazine rings is 1. The normalized spacial score (nSPS) is 16.2. The van der Waals surface area contributed by atoms with Crippen molar-refractivity contribution in [1.82, 2.24) is 9.80 Å². The Kier molecular flexibility index (Phi) is 5.64. The molecule has 1 heterocycles. The van der Waals surface area contributed by atoms with Crippen LogP contribution in [0.5, 0.6) is 0 Å². The summed E-state index contributed by atoms with van der Waals surface area (Å²) >= 11 is 0. The topological polar surface area (TPSA) is 49.6 Å². The molecule has 0 bridgehead atoms. The van der Waals surface area contributed by atoms with Crippen LogP contribution in [-0.2, 0) is 11.2 Å². The third-order valence-electron chi connectivity index (χ3n) is 3.78. The van der Waals surface area contributed by atoms with Gasteiger partial charge in [-0.25, -0.2) is 8.78 Å². The summed E-state index contributed by atoms with van der Waals surface area (Å²) in [5.41, 5.74) is 5.59. The molecule has 1 amide bonds. The maximum absolute atomic E-state index is 13.6. The number of rotatable bonds is 5. The minimum atomic E-state index is -0.924. The van der Waals surface area contributed by atoms with Gasteiger partial charge < -0.3 is 10.6 Å². The van der Waals surface area contributed by atoms with Gasteiger partial charge in [0.05, 0.1) is 6.42 Å². The molecule has 0 aromatic heterocycles. The average Bonchev–Trinajstić information content (AvgIpc) is 2.50. The molecule has 4 nitrogen and oxygen atoms in total. The molecule has 1 aromatic carbocycles. The molecule has 2 N–H and O–H groups in total. The first-order valence-electron chi connectivity index (χ1n) is 7.25. The van der Waals surface area contributed by atoms with E-state index in [0.717, 1.165) is 32.1 Å². The first-order chi connectivity index (χ1) is 10.1. The highest BCUT2D eigenvalue weighted by Crippen LogP contribution is 2.13. The van der Waals surface area contributed by atoms with E-state index in [1.807, 2.05) is 0 Å². The van der Waals surface area contributed by atoms with Crippen LogP contribution >= 0.6 is 0 Å². The van der Waals surface area contributed by atoms with E-state index in [1.165, 1.54) is 12.1 Å². The number of hydrogen-bond donors (Lipinski definition) is 1. The number of nitrogens with two attached hydrogens (primary N) is 1. The Morgan fingerprint density at radius 3 is 2.57 bits per heavy atom. The molecule has 1 saturated heterocycles. The zero-order valence-electron chi connectivity index (χ0n) is 12.0. The van der Waals surface area contributed by atoms with Gasteiger partial charge in [-0.2, -0.15) is 0 Å². The van der Waals surface area contributed by atoms with Crippen LogP contribution in [0, 0.1) is 11.6 Å². The highest BCUT2D eigenvalue weighted by molar-refractivity contribution is 5.79. The van der Waals surface area contributed by atoms with Gasteiger partial charge in [-0.15, -0.1) is 0 Å². The molecule has 0 atom stereocenters. The number of benzene rings is 1. The van der Waals surface area contributed by atoms with Gasteiger partial charge in [0.25, 0.3) is 0 Å². The molecule has 21 heavy (non-hydrogen) atoms. The van der Waals surface area contributed by atoms with Gasteiger partial charge in [-0.05, 0) is 25.6 Å². The summed E-state index contributed by atoms with van der Waals surface area (Å²) in [6.45, 7) is 4.46. The fourth-order valence-electron chi connectivity index (χ4n) is 2.50. The van der Waals surface area contributed by atoms with Crippen LogP contribution in [0.3, 0.4) is 0 Å². The minimum Gasteiger partial charge on any atom is -0.340 e. The third-order valence-corrected chi connectivity index (χ3v) is 3.78. The van der Waals surface area contributed by atoms with Crippen molar-refractivity contribution in [2.75, 3.05) is 39.3 Å². The number of carbonyl (C=O) groups excluding carboxylic acids is 1. The summed E-state index contributed by atoms with van der Waals surface area (Å²) in [6.07, 6.45) is 0.856. The first kappa shape index (κ1) is 15.9. The van der Waals surface area contributed by atoms with E-state index >= 15 is 0 Å². The van der Waals surface area contributed by atoms with Crippen molar-refractivity contribution in [1.29, 1.82) is 0 Å². The summed E-state index contributed by atoms with van der Waals surface area (Å²) in [5, 5.41) is 0. The summed E-state index contributed by atoms with van der Waals surface area (Å²) in [6, 6.07) is 3.93. The molecular weight excluding hydrogens is 276 g/mol. The van der Waals surface area contributed by atoms with Crippen molar-refractivity contribution in [3.05, 3.63) is 35.4 Å². The lowest BCUT2D eigenvalue weighted by molar-refractivity contribution is -0.132. The van der Waals surface area contributed by atoms with Gasteiger partial charge in [0.15, 0.2) is 11.6 Å². The number of nitrogens with zero attached hydrogens (tertiary/aromatic N) is 2. The number of halogens is 2. The van der Waals surface area contributed by atoms with Crippen LogP contribution in [0.1, 0.15) is 12.0 Å². The van der Waals surface area contributed by atoms with E-state index in [4.69, 9.17) is 5.73 Å². The molecule has 0 spiro atoms. The summed E-state index contributed by atoms with van der Waals surface area (Å²) in [5.74, 6) is -1.99. The predicted octanol–water partition coefficient (Wildman–Crippen LogP) is 1.00. The second kappa shape index (κ2) is 7.47. The lowest BCUT2D eigenvalue weighted by atomic mass is 10.1. The summed E-state index contributed by atoms with van der Waals surface area (Å²) in [4.78, 5) is 16.1. The molecule has 1 aromatic rings. The monoisotopic (exact) mass is 297 g/mol. The molecule has 1 aliphatic rings. The van der Waals surface area contributed by atoms with E-state index in [2.05, 4.69) is 4.90 Å². The van der Waals surface area contributed by atoms with Crippen LogP contribution in [0.2, 0.25) is 0 Å². The molecular formula is C15H21F2N3O. The quantitative estimate of drug-likeness (QED) is 0.882. The van der Waals surface area contributed by atoms with Crippen molar-refractivity contribution in [2.24, 2.45) is 5.73 Å². The minimum absolute atomic E-state index is 0.0909.